The monoisotopic (exact) mass is 196 g/mol. The van der Waals surface area contributed by atoms with E-state index in [0.717, 1.165) is 25.2 Å². The Labute approximate surface area is 86.2 Å². The molecule has 0 saturated carbocycles. The molecule has 0 saturated heterocycles. The second-order valence-electron chi connectivity index (χ2n) is 5.17. The molecule has 0 unspecified atom stereocenters. The first-order valence-electron chi connectivity index (χ1n) is 5.04. The fraction of sp³-hybridized carbons (Fsp3) is 0.727. The van der Waals surface area contributed by atoms with E-state index in [4.69, 9.17) is 0 Å². The van der Waals surface area contributed by atoms with E-state index in [0.29, 0.717) is 0 Å². The third kappa shape index (κ3) is 3.50. The summed E-state index contributed by atoms with van der Waals surface area (Å²) in [5.41, 5.74) is 1.05. The zero-order valence-corrected chi connectivity index (χ0v) is 9.55. The Morgan fingerprint density at radius 3 is 2.64 bits per heavy atom. The largest absolute Gasteiger partial charge is 0.352 e. The minimum atomic E-state index is 0.0873. The second kappa shape index (κ2) is 4.13. The molecule has 3 heteroatoms. The highest BCUT2D eigenvalue weighted by atomic mass is 16.1. The second-order valence-corrected chi connectivity index (χ2v) is 5.17. The fourth-order valence-electron chi connectivity index (χ4n) is 1.31. The molecule has 0 spiro atoms. The molecule has 1 rings (SSSR count). The topological polar surface area (TPSA) is 32.3 Å². The molecule has 1 aliphatic heterocycles. The van der Waals surface area contributed by atoms with E-state index in [2.05, 4.69) is 31.0 Å². The van der Waals surface area contributed by atoms with E-state index in [9.17, 15) is 4.79 Å². The third-order valence-corrected chi connectivity index (χ3v) is 2.16. The van der Waals surface area contributed by atoms with Gasteiger partial charge in [0.25, 0.3) is 0 Å². The smallest absolute Gasteiger partial charge is 0.248 e. The molecule has 80 valence electrons. The van der Waals surface area contributed by atoms with Crippen LogP contribution < -0.4 is 5.32 Å². The maximum Gasteiger partial charge on any atom is 0.248 e. The summed E-state index contributed by atoms with van der Waals surface area (Å²) in [7, 11) is 2.01. The number of carbonyl (C=O) groups is 1. The van der Waals surface area contributed by atoms with Crippen LogP contribution in [-0.2, 0) is 4.79 Å². The Morgan fingerprint density at radius 2 is 2.21 bits per heavy atom. The first kappa shape index (κ1) is 11.2. The van der Waals surface area contributed by atoms with Crippen molar-refractivity contribution in [1.29, 1.82) is 0 Å². The third-order valence-electron chi connectivity index (χ3n) is 2.16. The van der Waals surface area contributed by atoms with Crippen LogP contribution in [0.25, 0.3) is 0 Å². The van der Waals surface area contributed by atoms with Gasteiger partial charge < -0.3 is 5.32 Å². The van der Waals surface area contributed by atoms with Crippen molar-refractivity contribution in [2.24, 2.45) is 5.41 Å². The summed E-state index contributed by atoms with van der Waals surface area (Å²) in [6, 6.07) is 0. The van der Waals surface area contributed by atoms with Crippen molar-refractivity contribution in [2.45, 2.75) is 20.8 Å². The van der Waals surface area contributed by atoms with Gasteiger partial charge >= 0.3 is 0 Å². The maximum atomic E-state index is 11.6. The van der Waals surface area contributed by atoms with Gasteiger partial charge in [-0.25, -0.2) is 0 Å². The summed E-state index contributed by atoms with van der Waals surface area (Å²) < 4.78 is 0. The number of rotatable bonds is 2. The van der Waals surface area contributed by atoms with Crippen LogP contribution in [0.2, 0.25) is 0 Å². The first-order chi connectivity index (χ1) is 6.38. The first-order valence-corrected chi connectivity index (χ1v) is 5.04. The SMILES string of the molecule is CN1CC=C(C(=O)NCC(C)(C)C)C1. The molecule has 0 aromatic rings. The van der Waals surface area contributed by atoms with Gasteiger partial charge in [-0.05, 0) is 12.5 Å². The van der Waals surface area contributed by atoms with Gasteiger partial charge in [0, 0.05) is 25.2 Å². The summed E-state index contributed by atoms with van der Waals surface area (Å²) in [5.74, 6) is 0.0873. The Morgan fingerprint density at radius 1 is 1.57 bits per heavy atom. The van der Waals surface area contributed by atoms with Crippen molar-refractivity contribution in [3.05, 3.63) is 11.6 Å². The van der Waals surface area contributed by atoms with Gasteiger partial charge in [0.05, 0.1) is 0 Å². The lowest BCUT2D eigenvalue weighted by Gasteiger charge is -2.19. The zero-order chi connectivity index (χ0) is 10.8. The van der Waals surface area contributed by atoms with Gasteiger partial charge in [-0.3, -0.25) is 9.69 Å². The number of hydrogen-bond donors (Lipinski definition) is 1. The maximum absolute atomic E-state index is 11.6. The molecule has 0 radical (unpaired) electrons. The van der Waals surface area contributed by atoms with Crippen LogP contribution >= 0.6 is 0 Å². The number of nitrogens with zero attached hydrogens (tertiary/aromatic N) is 1. The van der Waals surface area contributed by atoms with Gasteiger partial charge in [0.2, 0.25) is 5.91 Å². The molecule has 3 nitrogen and oxygen atoms in total. The van der Waals surface area contributed by atoms with Crippen molar-refractivity contribution in [3.63, 3.8) is 0 Å². The summed E-state index contributed by atoms with van der Waals surface area (Å²) in [4.78, 5) is 13.7. The molecular formula is C11H20N2O. The van der Waals surface area contributed by atoms with Crippen LogP contribution in [0, 0.1) is 5.41 Å². The van der Waals surface area contributed by atoms with Crippen molar-refractivity contribution >= 4 is 5.91 Å². The van der Waals surface area contributed by atoms with Crippen LogP contribution in [0.1, 0.15) is 20.8 Å². The van der Waals surface area contributed by atoms with Crippen molar-refractivity contribution in [2.75, 3.05) is 26.7 Å². The lowest BCUT2D eigenvalue weighted by Crippen LogP contribution is -2.34. The van der Waals surface area contributed by atoms with E-state index in [1.54, 1.807) is 0 Å². The molecule has 0 aromatic heterocycles. The highest BCUT2D eigenvalue weighted by Crippen LogP contribution is 2.12. The molecule has 14 heavy (non-hydrogen) atoms. The Balaban J connectivity index is 2.37. The molecular weight excluding hydrogens is 176 g/mol. The van der Waals surface area contributed by atoms with Crippen LogP contribution in [0.5, 0.6) is 0 Å². The van der Waals surface area contributed by atoms with E-state index in [1.165, 1.54) is 0 Å². The molecule has 0 aliphatic carbocycles. The predicted octanol–water partition coefficient (Wildman–Crippen LogP) is 1.02. The molecule has 0 aromatic carbocycles. The Kier molecular flexibility index (Phi) is 3.32. The van der Waals surface area contributed by atoms with Crippen LogP contribution in [0.15, 0.2) is 11.6 Å². The lowest BCUT2D eigenvalue weighted by molar-refractivity contribution is -0.118. The number of carbonyl (C=O) groups excluding carboxylic acids is 1. The minimum absolute atomic E-state index is 0.0873. The molecule has 0 fully saturated rings. The highest BCUT2D eigenvalue weighted by molar-refractivity contribution is 5.94. The van der Waals surface area contributed by atoms with Crippen LogP contribution in [-0.4, -0.2) is 37.5 Å². The molecule has 1 heterocycles. The number of amides is 1. The van der Waals surface area contributed by atoms with Crippen molar-refractivity contribution < 1.29 is 4.79 Å². The van der Waals surface area contributed by atoms with Gasteiger partial charge in [0.1, 0.15) is 0 Å². The van der Waals surface area contributed by atoms with Crippen molar-refractivity contribution in [1.82, 2.24) is 10.2 Å². The van der Waals surface area contributed by atoms with E-state index < -0.39 is 0 Å². The number of hydrogen-bond acceptors (Lipinski definition) is 2. The quantitative estimate of drug-likeness (QED) is 0.715. The van der Waals surface area contributed by atoms with E-state index >= 15 is 0 Å². The molecule has 0 bridgehead atoms. The molecule has 0 atom stereocenters. The summed E-state index contributed by atoms with van der Waals surface area (Å²) in [6.07, 6.45) is 2.00. The van der Waals surface area contributed by atoms with Gasteiger partial charge in [-0.1, -0.05) is 26.8 Å². The normalized spacial score (nSPS) is 18.1. The van der Waals surface area contributed by atoms with Crippen LogP contribution in [0.3, 0.4) is 0 Å². The Bertz CT molecular complexity index is 251. The van der Waals surface area contributed by atoms with Gasteiger partial charge in [0.15, 0.2) is 0 Å². The van der Waals surface area contributed by atoms with Gasteiger partial charge in [-0.2, -0.15) is 0 Å². The number of nitrogens with one attached hydrogen (secondary N) is 1. The van der Waals surface area contributed by atoms with Crippen molar-refractivity contribution in [3.8, 4) is 0 Å². The summed E-state index contributed by atoms with van der Waals surface area (Å²) >= 11 is 0. The van der Waals surface area contributed by atoms with E-state index in [-0.39, 0.29) is 11.3 Å². The lowest BCUT2D eigenvalue weighted by atomic mass is 9.97. The van der Waals surface area contributed by atoms with E-state index in [1.807, 2.05) is 13.1 Å². The van der Waals surface area contributed by atoms with Gasteiger partial charge in [-0.15, -0.1) is 0 Å². The average Bonchev–Trinajstić information content (AvgIpc) is 2.46. The minimum Gasteiger partial charge on any atom is -0.352 e. The highest BCUT2D eigenvalue weighted by Gasteiger charge is 2.18. The molecule has 1 aliphatic rings. The summed E-state index contributed by atoms with van der Waals surface area (Å²) in [5, 5.41) is 2.95. The summed E-state index contributed by atoms with van der Waals surface area (Å²) in [6.45, 7) is 8.73. The van der Waals surface area contributed by atoms with Crippen LogP contribution in [0.4, 0.5) is 0 Å². The Hall–Kier alpha value is -0.830. The standard InChI is InChI=1S/C11H20N2O/c1-11(2,3)8-12-10(14)9-5-6-13(4)7-9/h5H,6-8H2,1-4H3,(H,12,14). The number of likely N-dealkylation sites (N-methyl/N-ethyl adjacent to an activating group) is 1. The fourth-order valence-corrected chi connectivity index (χ4v) is 1.31. The predicted molar refractivity (Wildman–Crippen MR) is 58.0 cm³/mol. The zero-order valence-electron chi connectivity index (χ0n) is 9.55. The molecule has 1 N–H and O–H groups in total. The molecule has 1 amide bonds. The average molecular weight is 196 g/mol.